The summed E-state index contributed by atoms with van der Waals surface area (Å²) >= 11 is 0. The number of hydrogen-bond acceptors (Lipinski definition) is 3. The fourth-order valence-electron chi connectivity index (χ4n) is 0.581. The first-order valence-corrected chi connectivity index (χ1v) is 4.45. The maximum absolute atomic E-state index is 10.1. The molecule has 0 atom stereocenters. The van der Waals surface area contributed by atoms with Crippen LogP contribution in [0.25, 0.3) is 0 Å². The van der Waals surface area contributed by atoms with E-state index in [9.17, 15) is 14.7 Å². The molecule has 0 N–H and O–H groups in total. The van der Waals surface area contributed by atoms with Gasteiger partial charge in [0.2, 0.25) is 0 Å². The van der Waals surface area contributed by atoms with Gasteiger partial charge in [0.1, 0.15) is 0 Å². The molecule has 0 aliphatic carbocycles. The molecule has 0 aliphatic heterocycles. The monoisotopic (exact) mass is 177 g/mol. The summed E-state index contributed by atoms with van der Waals surface area (Å²) < 4.78 is 0. The fraction of sp³-hybridized carbons (Fsp3) is 1.00. The molecule has 0 aromatic rings. The van der Waals surface area contributed by atoms with Gasteiger partial charge in [-0.15, -0.1) is 0 Å². The second-order valence-corrected chi connectivity index (χ2v) is 4.87. The van der Waals surface area contributed by atoms with E-state index in [-0.39, 0.29) is 23.5 Å². The Kier molecular flexibility index (Phi) is 5.40. The summed E-state index contributed by atoms with van der Waals surface area (Å²) in [4.78, 5) is 30.4. The van der Waals surface area contributed by atoms with Gasteiger partial charge in [-0.05, 0) is 5.41 Å². The molecule has 0 spiro atoms. The van der Waals surface area contributed by atoms with Crippen LogP contribution in [0.5, 0.6) is 0 Å². The Morgan fingerprint density at radius 3 is 1.40 bits per heavy atom. The van der Waals surface area contributed by atoms with Crippen LogP contribution in [0.1, 0.15) is 20.8 Å². The molecular formula is C5H11AlO3P+. The van der Waals surface area contributed by atoms with Crippen LogP contribution in [-0.4, -0.2) is 23.5 Å². The van der Waals surface area contributed by atoms with Crippen molar-refractivity contribution in [1.29, 1.82) is 0 Å². The third kappa shape index (κ3) is 11.6. The molecule has 0 unspecified atom stereocenters. The summed E-state index contributed by atoms with van der Waals surface area (Å²) in [5, 5.41) is 0. The molecule has 0 amide bonds. The van der Waals surface area contributed by atoms with Gasteiger partial charge in [-0.1, -0.05) is 20.8 Å². The first-order chi connectivity index (χ1) is 3.71. The zero-order valence-electron chi connectivity index (χ0n) is 6.46. The molecule has 0 fully saturated rings. The Morgan fingerprint density at radius 1 is 1.10 bits per heavy atom. The van der Waals surface area contributed by atoms with Crippen molar-refractivity contribution in [3.63, 3.8) is 0 Å². The minimum Gasteiger partial charge on any atom is -0.688 e. The van der Waals surface area contributed by atoms with Gasteiger partial charge < -0.3 is 14.7 Å². The maximum atomic E-state index is 10.1. The molecule has 0 saturated heterocycles. The average Bonchev–Trinajstić information content (AvgIpc) is 1.14. The van der Waals surface area contributed by atoms with Crippen LogP contribution >= 0.6 is 7.94 Å². The summed E-state index contributed by atoms with van der Waals surface area (Å²) in [6.07, 6.45) is -0.264. The largest absolute Gasteiger partial charge is 3.00 e. The minimum absolute atomic E-state index is 0. The van der Waals surface area contributed by atoms with Crippen LogP contribution in [0.4, 0.5) is 0 Å². The van der Waals surface area contributed by atoms with Crippen molar-refractivity contribution in [3.8, 4) is 0 Å². The number of rotatable bonds is 1. The molecule has 0 aromatic carbocycles. The molecule has 0 aromatic heterocycles. The molecule has 0 rings (SSSR count). The molecule has 0 heterocycles. The van der Waals surface area contributed by atoms with Crippen molar-refractivity contribution in [2.75, 3.05) is 6.16 Å². The summed E-state index contributed by atoms with van der Waals surface area (Å²) in [6.45, 7) is 5.15. The van der Waals surface area contributed by atoms with Gasteiger partial charge in [-0.2, -0.15) is 7.94 Å². The molecule has 3 nitrogen and oxygen atoms in total. The summed E-state index contributed by atoms with van der Waals surface area (Å²) in [5.74, 6) is 0. The molecule has 10 heavy (non-hydrogen) atoms. The fourth-order valence-corrected chi connectivity index (χ4v) is 1.74. The van der Waals surface area contributed by atoms with Crippen LogP contribution in [0.15, 0.2) is 0 Å². The Balaban J connectivity index is 0. The predicted octanol–water partition coefficient (Wildman–Crippen LogP) is -1.50. The second-order valence-electron chi connectivity index (χ2n) is 3.33. The van der Waals surface area contributed by atoms with Crippen molar-refractivity contribution < 1.29 is 14.7 Å². The Bertz CT molecular complexity index is 82.0. The van der Waals surface area contributed by atoms with Gasteiger partial charge in [0, 0.05) is 6.16 Å². The van der Waals surface area contributed by atoms with Crippen LogP contribution < -0.4 is 14.7 Å². The third-order valence-electron chi connectivity index (χ3n) is 0.668. The normalized spacial score (nSPS) is 12.6. The molecule has 0 saturated carbocycles. The van der Waals surface area contributed by atoms with E-state index in [1.807, 2.05) is 0 Å². The predicted molar refractivity (Wildman–Crippen MR) is 37.0 cm³/mol. The van der Waals surface area contributed by atoms with Gasteiger partial charge in [0.15, 0.2) is 0 Å². The van der Waals surface area contributed by atoms with E-state index in [4.69, 9.17) is 0 Å². The minimum atomic E-state index is -4.29. The van der Waals surface area contributed by atoms with Crippen molar-refractivity contribution >= 4 is 25.3 Å². The topological polar surface area (TPSA) is 69.2 Å². The van der Waals surface area contributed by atoms with Crippen LogP contribution in [0, 0.1) is 5.41 Å². The van der Waals surface area contributed by atoms with Gasteiger partial charge in [0.05, 0.1) is 0 Å². The second kappa shape index (κ2) is 4.02. The third-order valence-corrected chi connectivity index (χ3v) is 2.00. The van der Waals surface area contributed by atoms with Gasteiger partial charge in [0.25, 0.3) is 0 Å². The van der Waals surface area contributed by atoms with Crippen molar-refractivity contribution in [2.24, 2.45) is 5.41 Å². The first kappa shape index (κ1) is 13.4. The molecule has 56 valence electrons. The van der Waals surface area contributed by atoms with Crippen LogP contribution in [0.2, 0.25) is 0 Å². The average molecular weight is 177 g/mol. The SMILES string of the molecule is CC(C)(C)C[P+]([O-])([O-])[O-].[Al+3]. The summed E-state index contributed by atoms with van der Waals surface area (Å²) in [5.41, 5.74) is -0.404. The van der Waals surface area contributed by atoms with Crippen molar-refractivity contribution in [2.45, 2.75) is 20.8 Å². The molecule has 0 bridgehead atoms. The van der Waals surface area contributed by atoms with Crippen molar-refractivity contribution in [1.82, 2.24) is 0 Å². The molecule has 0 radical (unpaired) electrons. The quantitative estimate of drug-likeness (QED) is 0.361. The first-order valence-electron chi connectivity index (χ1n) is 2.72. The maximum Gasteiger partial charge on any atom is 3.00 e. The van der Waals surface area contributed by atoms with E-state index in [1.54, 1.807) is 20.8 Å². The van der Waals surface area contributed by atoms with E-state index in [2.05, 4.69) is 0 Å². The van der Waals surface area contributed by atoms with Gasteiger partial charge >= 0.3 is 17.4 Å². The zero-order valence-corrected chi connectivity index (χ0v) is 8.51. The van der Waals surface area contributed by atoms with E-state index >= 15 is 0 Å². The number of hydrogen-bond donors (Lipinski definition) is 0. The van der Waals surface area contributed by atoms with Crippen LogP contribution in [-0.2, 0) is 0 Å². The molecule has 5 heteroatoms. The summed E-state index contributed by atoms with van der Waals surface area (Å²) in [7, 11) is -4.29. The van der Waals surface area contributed by atoms with E-state index in [0.29, 0.717) is 0 Å². The van der Waals surface area contributed by atoms with Gasteiger partial charge in [-0.3, -0.25) is 0 Å². The van der Waals surface area contributed by atoms with Crippen LogP contribution in [0.3, 0.4) is 0 Å². The zero-order chi connectivity index (χ0) is 7.71. The van der Waals surface area contributed by atoms with Gasteiger partial charge in [-0.25, -0.2) is 0 Å². The summed E-state index contributed by atoms with van der Waals surface area (Å²) in [6, 6.07) is 0. The molecular weight excluding hydrogens is 166 g/mol. The standard InChI is InChI=1S/C5H13O3P.Al/c1-5(2,3)4-9(6,7)8;/h4H2,1-3H3,(H2,6,7,8);/q;+3/p-2. The van der Waals surface area contributed by atoms with E-state index in [1.165, 1.54) is 0 Å². The van der Waals surface area contributed by atoms with Crippen molar-refractivity contribution in [3.05, 3.63) is 0 Å². The Hall–Kier alpha value is 0.842. The Morgan fingerprint density at radius 2 is 1.40 bits per heavy atom. The Labute approximate surface area is 72.8 Å². The van der Waals surface area contributed by atoms with E-state index < -0.39 is 13.4 Å². The smallest absolute Gasteiger partial charge is 0.688 e. The van der Waals surface area contributed by atoms with E-state index in [0.717, 1.165) is 0 Å². The molecule has 0 aliphatic rings.